The monoisotopic (exact) mass is 364 g/mol. The molecule has 0 aliphatic carbocycles. The van der Waals surface area contributed by atoms with Crippen molar-refractivity contribution in [2.75, 3.05) is 7.11 Å². The van der Waals surface area contributed by atoms with Crippen molar-refractivity contribution in [3.63, 3.8) is 0 Å². The lowest BCUT2D eigenvalue weighted by Gasteiger charge is -2.30. The normalized spacial score (nSPS) is 18.1. The van der Waals surface area contributed by atoms with Gasteiger partial charge >= 0.3 is 5.97 Å². The Hall–Kier alpha value is -2.61. The molecule has 7 nitrogen and oxygen atoms in total. The number of carbonyl (C=O) groups excluding carboxylic acids is 1. The highest BCUT2D eigenvalue weighted by Crippen LogP contribution is 2.34. The van der Waals surface area contributed by atoms with Crippen LogP contribution in [0.3, 0.4) is 0 Å². The highest BCUT2D eigenvalue weighted by Gasteiger charge is 2.28. The Morgan fingerprint density at radius 3 is 2.56 bits per heavy atom. The van der Waals surface area contributed by atoms with E-state index in [-0.39, 0.29) is 5.78 Å². The Kier molecular flexibility index (Phi) is 5.63. The standard InChI is InChI=1S/C17H20N2O5S/c1-8-14(9(2)20)15(19-17(25)18-8)11-5-6-12(13(7-11)23-4)24-10(3)16(21)22/h5-7,10,15H,1-4H3,(H,21,22)(H2,18,19,25)/t10-,15-/m1/s1. The Morgan fingerprint density at radius 2 is 2.00 bits per heavy atom. The molecule has 1 aliphatic heterocycles. The summed E-state index contributed by atoms with van der Waals surface area (Å²) >= 11 is 5.18. The van der Waals surface area contributed by atoms with Gasteiger partial charge in [-0.1, -0.05) is 6.07 Å². The molecule has 25 heavy (non-hydrogen) atoms. The maximum Gasteiger partial charge on any atom is 0.344 e. The molecule has 1 aliphatic rings. The van der Waals surface area contributed by atoms with Crippen LogP contribution in [0.2, 0.25) is 0 Å². The average Bonchev–Trinajstić information content (AvgIpc) is 2.53. The summed E-state index contributed by atoms with van der Waals surface area (Å²) in [4.78, 5) is 23.0. The van der Waals surface area contributed by atoms with E-state index in [9.17, 15) is 9.59 Å². The second kappa shape index (κ2) is 7.52. The number of carbonyl (C=O) groups is 2. The highest BCUT2D eigenvalue weighted by atomic mass is 32.1. The first-order valence-electron chi connectivity index (χ1n) is 7.61. The summed E-state index contributed by atoms with van der Waals surface area (Å²) in [5.74, 6) is -0.474. The number of rotatable bonds is 6. The van der Waals surface area contributed by atoms with Crippen LogP contribution in [-0.4, -0.2) is 35.2 Å². The smallest absolute Gasteiger partial charge is 0.344 e. The van der Waals surface area contributed by atoms with Crippen LogP contribution < -0.4 is 20.1 Å². The molecule has 1 aromatic carbocycles. The molecular formula is C17H20N2O5S. The summed E-state index contributed by atoms with van der Waals surface area (Å²) in [5, 5.41) is 15.4. The fraction of sp³-hybridized carbons (Fsp3) is 0.353. The van der Waals surface area contributed by atoms with E-state index in [1.54, 1.807) is 25.1 Å². The molecule has 0 aromatic heterocycles. The van der Waals surface area contributed by atoms with Gasteiger partial charge in [0.15, 0.2) is 28.5 Å². The molecule has 134 valence electrons. The number of hydrogen-bond donors (Lipinski definition) is 3. The van der Waals surface area contributed by atoms with Gasteiger partial charge in [-0.2, -0.15) is 0 Å². The van der Waals surface area contributed by atoms with E-state index in [0.717, 1.165) is 5.56 Å². The zero-order chi connectivity index (χ0) is 18.7. The molecule has 0 fully saturated rings. The second-order valence-corrected chi connectivity index (χ2v) is 6.04. The Labute approximate surface area is 151 Å². The Balaban J connectivity index is 2.42. The van der Waals surface area contributed by atoms with Crippen LogP contribution in [-0.2, 0) is 9.59 Å². The molecule has 0 radical (unpaired) electrons. The van der Waals surface area contributed by atoms with Crippen LogP contribution in [0.25, 0.3) is 0 Å². The molecule has 1 aromatic rings. The molecule has 3 N–H and O–H groups in total. The first-order valence-corrected chi connectivity index (χ1v) is 8.02. The van der Waals surface area contributed by atoms with E-state index in [0.29, 0.717) is 27.9 Å². The topological polar surface area (TPSA) is 96.9 Å². The van der Waals surface area contributed by atoms with Gasteiger partial charge in [0.25, 0.3) is 0 Å². The van der Waals surface area contributed by atoms with Gasteiger partial charge in [0.2, 0.25) is 0 Å². The predicted molar refractivity (Wildman–Crippen MR) is 95.7 cm³/mol. The third-order valence-electron chi connectivity index (χ3n) is 3.82. The summed E-state index contributed by atoms with van der Waals surface area (Å²) in [6.07, 6.45) is -1.01. The van der Waals surface area contributed by atoms with E-state index < -0.39 is 18.1 Å². The quantitative estimate of drug-likeness (QED) is 0.659. The zero-order valence-electron chi connectivity index (χ0n) is 14.4. The van der Waals surface area contributed by atoms with Gasteiger partial charge in [-0.05, 0) is 50.7 Å². The van der Waals surface area contributed by atoms with Crippen molar-refractivity contribution in [3.8, 4) is 11.5 Å². The van der Waals surface area contributed by atoms with Crippen molar-refractivity contribution >= 4 is 29.1 Å². The van der Waals surface area contributed by atoms with Crippen molar-refractivity contribution in [3.05, 3.63) is 35.0 Å². The lowest BCUT2D eigenvalue weighted by Crippen LogP contribution is -2.44. The van der Waals surface area contributed by atoms with Crippen molar-refractivity contribution in [2.24, 2.45) is 0 Å². The van der Waals surface area contributed by atoms with Gasteiger partial charge in [0.1, 0.15) is 0 Å². The van der Waals surface area contributed by atoms with Crippen molar-refractivity contribution in [1.82, 2.24) is 10.6 Å². The molecule has 0 bridgehead atoms. The maximum absolute atomic E-state index is 12.0. The number of benzene rings is 1. The number of hydrogen-bond acceptors (Lipinski definition) is 5. The van der Waals surface area contributed by atoms with Gasteiger partial charge in [-0.3, -0.25) is 4.79 Å². The first kappa shape index (κ1) is 18.7. The average molecular weight is 364 g/mol. The minimum atomic E-state index is -1.08. The third kappa shape index (κ3) is 4.08. The third-order valence-corrected chi connectivity index (χ3v) is 4.04. The number of aliphatic carboxylic acids is 1. The molecule has 8 heteroatoms. The van der Waals surface area contributed by atoms with Crippen LogP contribution in [0.5, 0.6) is 11.5 Å². The number of nitrogens with one attached hydrogen (secondary N) is 2. The van der Waals surface area contributed by atoms with Crippen molar-refractivity contribution in [2.45, 2.75) is 32.9 Å². The number of carboxylic acids is 1. The van der Waals surface area contributed by atoms with Crippen LogP contribution in [0.15, 0.2) is 29.5 Å². The number of thiocarbonyl (C=S) groups is 1. The number of Topliss-reactive ketones (excluding diaryl/α,β-unsaturated/α-hetero) is 1. The molecule has 0 saturated carbocycles. The number of carboxylic acid groups (broad SMARTS) is 1. The van der Waals surface area contributed by atoms with E-state index in [2.05, 4.69) is 10.6 Å². The van der Waals surface area contributed by atoms with E-state index in [1.807, 2.05) is 0 Å². The Bertz CT molecular complexity index is 759. The molecule has 0 saturated heterocycles. The molecule has 0 amide bonds. The lowest BCUT2D eigenvalue weighted by molar-refractivity contribution is -0.144. The molecular weight excluding hydrogens is 344 g/mol. The summed E-state index contributed by atoms with van der Waals surface area (Å²) in [6.45, 7) is 4.72. The highest BCUT2D eigenvalue weighted by molar-refractivity contribution is 7.80. The van der Waals surface area contributed by atoms with Crippen LogP contribution >= 0.6 is 12.2 Å². The van der Waals surface area contributed by atoms with Crippen LogP contribution in [0, 0.1) is 0 Å². The maximum atomic E-state index is 12.0. The summed E-state index contributed by atoms with van der Waals surface area (Å²) in [6, 6.07) is 4.64. The molecule has 1 heterocycles. The lowest BCUT2D eigenvalue weighted by atomic mass is 9.93. The second-order valence-electron chi connectivity index (χ2n) is 5.63. The molecule has 0 spiro atoms. The zero-order valence-corrected chi connectivity index (χ0v) is 15.2. The van der Waals surface area contributed by atoms with Crippen molar-refractivity contribution < 1.29 is 24.2 Å². The summed E-state index contributed by atoms with van der Waals surface area (Å²) in [7, 11) is 1.46. The van der Waals surface area contributed by atoms with Crippen LogP contribution in [0.1, 0.15) is 32.4 Å². The fourth-order valence-corrected chi connectivity index (χ4v) is 2.88. The Morgan fingerprint density at radius 1 is 1.32 bits per heavy atom. The fourth-order valence-electron chi connectivity index (χ4n) is 2.61. The van der Waals surface area contributed by atoms with Gasteiger partial charge in [-0.25, -0.2) is 4.79 Å². The molecule has 2 rings (SSSR count). The summed E-state index contributed by atoms with van der Waals surface area (Å²) < 4.78 is 10.7. The number of methoxy groups -OCH3 is 1. The SMILES string of the molecule is COc1cc([C@H]2NC(=S)NC(C)=C2C(C)=O)ccc1O[C@H](C)C(=O)O. The van der Waals surface area contributed by atoms with Gasteiger partial charge in [-0.15, -0.1) is 0 Å². The number of allylic oxidation sites excluding steroid dienone is 1. The first-order chi connectivity index (χ1) is 11.7. The molecule has 0 unspecified atom stereocenters. The van der Waals surface area contributed by atoms with Gasteiger partial charge in [0.05, 0.1) is 13.2 Å². The van der Waals surface area contributed by atoms with E-state index >= 15 is 0 Å². The minimum absolute atomic E-state index is 0.0798. The minimum Gasteiger partial charge on any atom is -0.493 e. The van der Waals surface area contributed by atoms with E-state index in [4.69, 9.17) is 26.8 Å². The van der Waals surface area contributed by atoms with Gasteiger partial charge < -0.3 is 25.2 Å². The largest absolute Gasteiger partial charge is 0.493 e. The summed E-state index contributed by atoms with van der Waals surface area (Å²) in [5.41, 5.74) is 2.02. The predicted octanol–water partition coefficient (Wildman–Crippen LogP) is 1.93. The molecule has 2 atom stereocenters. The van der Waals surface area contributed by atoms with E-state index in [1.165, 1.54) is 21.0 Å². The number of ether oxygens (including phenoxy) is 2. The number of ketones is 1. The van der Waals surface area contributed by atoms with Crippen LogP contribution in [0.4, 0.5) is 0 Å². The van der Waals surface area contributed by atoms with Gasteiger partial charge in [0, 0.05) is 11.3 Å². The van der Waals surface area contributed by atoms with Crippen molar-refractivity contribution in [1.29, 1.82) is 0 Å².